The Hall–Kier alpha value is -1.78. The van der Waals surface area contributed by atoms with Crippen molar-refractivity contribution in [2.75, 3.05) is 6.54 Å². The van der Waals surface area contributed by atoms with E-state index in [1.54, 1.807) is 12.1 Å². The van der Waals surface area contributed by atoms with Crippen molar-refractivity contribution in [1.29, 1.82) is 0 Å². The van der Waals surface area contributed by atoms with E-state index in [2.05, 4.69) is 17.6 Å². The molecule has 0 bridgehead atoms. The van der Waals surface area contributed by atoms with Crippen molar-refractivity contribution in [3.63, 3.8) is 0 Å². The molecule has 0 aromatic carbocycles. The molecule has 0 aliphatic heterocycles. The highest BCUT2D eigenvalue weighted by Gasteiger charge is 2.25. The average molecular weight is 266 g/mol. The molecule has 0 fully saturated rings. The summed E-state index contributed by atoms with van der Waals surface area (Å²) >= 11 is 0. The molecule has 2 N–H and O–H groups in total. The number of carbonyl (C=O) groups is 2. The van der Waals surface area contributed by atoms with Gasteiger partial charge in [-0.25, -0.2) is 0 Å². The number of nitrogens with one attached hydrogen (secondary N) is 2. The minimum Gasteiger partial charge on any atom is -0.459 e. The molecule has 19 heavy (non-hydrogen) atoms. The smallest absolute Gasteiger partial charge is 0.287 e. The number of unbranched alkanes of at least 4 members (excludes halogenated alkanes) is 1. The SMILES string of the molecule is CCCCNC(=O)[C@@H](NC(=O)c1ccco1)C(C)C. The van der Waals surface area contributed by atoms with E-state index < -0.39 is 6.04 Å². The Morgan fingerprint density at radius 1 is 1.37 bits per heavy atom. The third-order valence-corrected chi connectivity index (χ3v) is 2.81. The Balaban J connectivity index is 2.57. The Morgan fingerprint density at radius 3 is 2.63 bits per heavy atom. The first-order chi connectivity index (χ1) is 9.06. The predicted molar refractivity (Wildman–Crippen MR) is 72.7 cm³/mol. The van der Waals surface area contributed by atoms with Gasteiger partial charge in [-0.2, -0.15) is 0 Å². The van der Waals surface area contributed by atoms with Gasteiger partial charge in [-0.05, 0) is 24.5 Å². The number of amides is 2. The molecule has 5 heteroatoms. The molecule has 1 rings (SSSR count). The molecule has 0 unspecified atom stereocenters. The Labute approximate surface area is 113 Å². The average Bonchev–Trinajstić information content (AvgIpc) is 2.89. The van der Waals surface area contributed by atoms with E-state index in [4.69, 9.17) is 4.42 Å². The number of hydrogen-bond donors (Lipinski definition) is 2. The summed E-state index contributed by atoms with van der Waals surface area (Å²) in [4.78, 5) is 23.9. The Morgan fingerprint density at radius 2 is 2.11 bits per heavy atom. The van der Waals surface area contributed by atoms with Gasteiger partial charge in [0.25, 0.3) is 5.91 Å². The van der Waals surface area contributed by atoms with Crippen molar-refractivity contribution < 1.29 is 14.0 Å². The quantitative estimate of drug-likeness (QED) is 0.741. The highest BCUT2D eigenvalue weighted by molar-refractivity contribution is 5.95. The first-order valence-electron chi connectivity index (χ1n) is 6.68. The second kappa shape index (κ2) is 7.61. The van der Waals surface area contributed by atoms with E-state index in [0.717, 1.165) is 12.8 Å². The van der Waals surface area contributed by atoms with Crippen LogP contribution in [0.3, 0.4) is 0 Å². The van der Waals surface area contributed by atoms with E-state index in [1.807, 2.05) is 13.8 Å². The van der Waals surface area contributed by atoms with Crippen LogP contribution in [0.15, 0.2) is 22.8 Å². The van der Waals surface area contributed by atoms with Gasteiger partial charge >= 0.3 is 0 Å². The summed E-state index contributed by atoms with van der Waals surface area (Å²) in [5.41, 5.74) is 0. The fourth-order valence-electron chi connectivity index (χ4n) is 1.65. The summed E-state index contributed by atoms with van der Waals surface area (Å²) in [5, 5.41) is 5.53. The first-order valence-corrected chi connectivity index (χ1v) is 6.68. The van der Waals surface area contributed by atoms with E-state index in [-0.39, 0.29) is 23.5 Å². The van der Waals surface area contributed by atoms with Gasteiger partial charge in [0.05, 0.1) is 6.26 Å². The van der Waals surface area contributed by atoms with Crippen LogP contribution < -0.4 is 10.6 Å². The second-order valence-corrected chi connectivity index (χ2v) is 4.82. The maximum Gasteiger partial charge on any atom is 0.287 e. The molecule has 2 amide bonds. The molecular formula is C14H22N2O3. The molecule has 0 aliphatic carbocycles. The van der Waals surface area contributed by atoms with Crippen molar-refractivity contribution in [2.24, 2.45) is 5.92 Å². The molecule has 5 nitrogen and oxygen atoms in total. The summed E-state index contributed by atoms with van der Waals surface area (Å²) in [6.45, 7) is 6.49. The molecule has 1 atom stereocenters. The van der Waals surface area contributed by atoms with Crippen LogP contribution in [0.5, 0.6) is 0 Å². The normalized spacial score (nSPS) is 12.2. The van der Waals surface area contributed by atoms with Crippen molar-refractivity contribution in [2.45, 2.75) is 39.7 Å². The summed E-state index contributed by atoms with van der Waals surface area (Å²) in [5.74, 6) is -0.287. The van der Waals surface area contributed by atoms with Gasteiger partial charge in [-0.15, -0.1) is 0 Å². The fourth-order valence-corrected chi connectivity index (χ4v) is 1.65. The van der Waals surface area contributed by atoms with Gasteiger partial charge < -0.3 is 15.1 Å². The van der Waals surface area contributed by atoms with Crippen molar-refractivity contribution in [3.8, 4) is 0 Å². The lowest BCUT2D eigenvalue weighted by atomic mass is 10.0. The second-order valence-electron chi connectivity index (χ2n) is 4.82. The number of furan rings is 1. The molecule has 0 spiro atoms. The summed E-state index contributed by atoms with van der Waals surface area (Å²) in [7, 11) is 0. The van der Waals surface area contributed by atoms with Gasteiger partial charge in [-0.3, -0.25) is 9.59 Å². The molecule has 1 heterocycles. The van der Waals surface area contributed by atoms with Crippen molar-refractivity contribution in [3.05, 3.63) is 24.2 Å². The highest BCUT2D eigenvalue weighted by atomic mass is 16.3. The monoisotopic (exact) mass is 266 g/mol. The third-order valence-electron chi connectivity index (χ3n) is 2.81. The van der Waals surface area contributed by atoms with Gasteiger partial charge in [0.1, 0.15) is 6.04 Å². The zero-order chi connectivity index (χ0) is 14.3. The largest absolute Gasteiger partial charge is 0.459 e. The highest BCUT2D eigenvalue weighted by Crippen LogP contribution is 2.05. The van der Waals surface area contributed by atoms with Crippen molar-refractivity contribution in [1.82, 2.24) is 10.6 Å². The van der Waals surface area contributed by atoms with Crippen LogP contribution in [0.1, 0.15) is 44.2 Å². The summed E-state index contributed by atoms with van der Waals surface area (Å²) in [6, 6.07) is 2.66. The lowest BCUT2D eigenvalue weighted by Gasteiger charge is -2.21. The van der Waals surface area contributed by atoms with E-state index in [1.165, 1.54) is 6.26 Å². The molecule has 0 radical (unpaired) electrons. The van der Waals surface area contributed by atoms with E-state index >= 15 is 0 Å². The molecule has 1 aromatic heterocycles. The van der Waals surface area contributed by atoms with Crippen LogP contribution in [0, 0.1) is 5.92 Å². The zero-order valence-electron chi connectivity index (χ0n) is 11.7. The third kappa shape index (κ3) is 4.77. The molecule has 0 saturated carbocycles. The summed E-state index contributed by atoms with van der Waals surface area (Å²) < 4.78 is 5.01. The lowest BCUT2D eigenvalue weighted by Crippen LogP contribution is -2.49. The van der Waals surface area contributed by atoms with Crippen LogP contribution >= 0.6 is 0 Å². The molecule has 0 saturated heterocycles. The van der Waals surface area contributed by atoms with Gasteiger partial charge in [-0.1, -0.05) is 27.2 Å². The first kappa shape index (κ1) is 15.3. The maximum absolute atomic E-state index is 12.0. The van der Waals surface area contributed by atoms with Gasteiger partial charge in [0, 0.05) is 6.54 Å². The van der Waals surface area contributed by atoms with Crippen LogP contribution in [-0.2, 0) is 4.79 Å². The summed E-state index contributed by atoms with van der Waals surface area (Å²) in [6.07, 6.45) is 3.38. The Kier molecular flexibility index (Phi) is 6.12. The zero-order valence-corrected chi connectivity index (χ0v) is 11.7. The Bertz CT molecular complexity index is 399. The standard InChI is InChI=1S/C14H22N2O3/c1-4-5-8-15-14(18)12(10(2)3)16-13(17)11-7-6-9-19-11/h6-7,9-10,12H,4-5,8H2,1-3H3,(H,15,18)(H,16,17)/t12-/m0/s1. The minimum atomic E-state index is -0.547. The van der Waals surface area contributed by atoms with Gasteiger partial charge in [0.2, 0.25) is 5.91 Å². The maximum atomic E-state index is 12.0. The molecule has 106 valence electrons. The number of carbonyl (C=O) groups excluding carboxylic acids is 2. The molecular weight excluding hydrogens is 244 g/mol. The van der Waals surface area contributed by atoms with Crippen LogP contribution in [0.4, 0.5) is 0 Å². The predicted octanol–water partition coefficient (Wildman–Crippen LogP) is 1.95. The van der Waals surface area contributed by atoms with Crippen molar-refractivity contribution >= 4 is 11.8 Å². The van der Waals surface area contributed by atoms with E-state index in [0.29, 0.717) is 6.54 Å². The minimum absolute atomic E-state index is 0.0144. The van der Waals surface area contributed by atoms with Gasteiger partial charge in [0.15, 0.2) is 5.76 Å². The number of rotatable bonds is 7. The number of hydrogen-bond acceptors (Lipinski definition) is 3. The molecule has 0 aliphatic rings. The molecule has 1 aromatic rings. The fraction of sp³-hybridized carbons (Fsp3) is 0.571. The van der Waals surface area contributed by atoms with Crippen LogP contribution in [0.2, 0.25) is 0 Å². The van der Waals surface area contributed by atoms with Crippen LogP contribution in [-0.4, -0.2) is 24.4 Å². The van der Waals surface area contributed by atoms with Crippen LogP contribution in [0.25, 0.3) is 0 Å². The van der Waals surface area contributed by atoms with E-state index in [9.17, 15) is 9.59 Å². The topological polar surface area (TPSA) is 71.3 Å². The lowest BCUT2D eigenvalue weighted by molar-refractivity contribution is -0.123.